The van der Waals surface area contributed by atoms with Crippen LogP contribution in [-0.4, -0.2) is 25.1 Å². The lowest BCUT2D eigenvalue weighted by Crippen LogP contribution is -2.14. The zero-order chi connectivity index (χ0) is 15.4. The number of aromatic nitrogens is 1. The fourth-order valence-electron chi connectivity index (χ4n) is 1.84. The number of hydrogen-bond donors (Lipinski definition) is 1. The van der Waals surface area contributed by atoms with Crippen LogP contribution in [0, 0.1) is 11.3 Å². The number of nitriles is 1. The molecule has 0 fully saturated rings. The van der Waals surface area contributed by atoms with Crippen molar-refractivity contribution in [3.8, 4) is 6.07 Å². The molecule has 6 nitrogen and oxygen atoms in total. The van der Waals surface area contributed by atoms with Gasteiger partial charge in [-0.2, -0.15) is 5.26 Å². The minimum Gasteiger partial charge on any atom is -0.465 e. The minimum absolute atomic E-state index is 0.254. The number of nitrogens with two attached hydrogens (primary N) is 1. The van der Waals surface area contributed by atoms with Gasteiger partial charge in [0.2, 0.25) is 0 Å². The van der Waals surface area contributed by atoms with Crippen LogP contribution in [0.25, 0.3) is 0 Å². The number of carbonyl (C=O) groups is 1. The van der Waals surface area contributed by atoms with Crippen LogP contribution in [0.2, 0.25) is 0 Å². The Morgan fingerprint density at radius 2 is 2.19 bits per heavy atom. The van der Waals surface area contributed by atoms with Crippen molar-refractivity contribution >= 4 is 23.2 Å². The summed E-state index contributed by atoms with van der Waals surface area (Å²) >= 11 is 0. The first-order valence-corrected chi connectivity index (χ1v) is 6.14. The van der Waals surface area contributed by atoms with E-state index >= 15 is 0 Å². The van der Waals surface area contributed by atoms with Crippen LogP contribution in [0.15, 0.2) is 36.5 Å². The Morgan fingerprint density at radius 3 is 2.86 bits per heavy atom. The molecule has 0 saturated heterocycles. The number of ether oxygens (including phenoxy) is 1. The van der Waals surface area contributed by atoms with Crippen molar-refractivity contribution in [3.63, 3.8) is 0 Å². The first kappa shape index (κ1) is 14.3. The molecule has 0 radical (unpaired) electrons. The number of benzene rings is 1. The molecule has 1 heterocycles. The smallest absolute Gasteiger partial charge is 0.340 e. The van der Waals surface area contributed by atoms with Crippen LogP contribution in [0.5, 0.6) is 0 Å². The van der Waals surface area contributed by atoms with Gasteiger partial charge < -0.3 is 15.4 Å². The average Bonchev–Trinajstić information content (AvgIpc) is 2.54. The van der Waals surface area contributed by atoms with E-state index in [4.69, 9.17) is 11.0 Å². The van der Waals surface area contributed by atoms with E-state index in [0.29, 0.717) is 11.4 Å². The molecule has 0 unspecified atom stereocenters. The van der Waals surface area contributed by atoms with Gasteiger partial charge in [0, 0.05) is 12.7 Å². The molecule has 0 spiro atoms. The van der Waals surface area contributed by atoms with Crippen LogP contribution in [0.4, 0.5) is 17.2 Å². The second-order valence-corrected chi connectivity index (χ2v) is 4.34. The molecule has 21 heavy (non-hydrogen) atoms. The highest BCUT2D eigenvalue weighted by atomic mass is 16.5. The molecule has 106 valence electrons. The lowest BCUT2D eigenvalue weighted by molar-refractivity contribution is 0.0602. The minimum atomic E-state index is -0.518. The van der Waals surface area contributed by atoms with E-state index in [1.807, 2.05) is 6.07 Å². The maximum absolute atomic E-state index is 11.7. The molecule has 0 aliphatic carbocycles. The Kier molecular flexibility index (Phi) is 4.05. The summed E-state index contributed by atoms with van der Waals surface area (Å²) in [5.74, 6) is 0.00927. The second kappa shape index (κ2) is 5.92. The van der Waals surface area contributed by atoms with Crippen molar-refractivity contribution in [2.75, 3.05) is 24.8 Å². The number of carbonyl (C=O) groups excluding carboxylic acids is 1. The monoisotopic (exact) mass is 282 g/mol. The number of methoxy groups -OCH3 is 1. The van der Waals surface area contributed by atoms with Crippen LogP contribution < -0.4 is 10.6 Å². The van der Waals surface area contributed by atoms with E-state index in [0.717, 1.165) is 5.69 Å². The quantitative estimate of drug-likeness (QED) is 0.866. The number of nitrogens with zero attached hydrogens (tertiary/aromatic N) is 3. The van der Waals surface area contributed by atoms with Gasteiger partial charge in [-0.1, -0.05) is 6.07 Å². The standard InChI is InChI=1S/C15H14N4O2/c1-19(11-5-3-4-10(6-11)8-16)14-7-12(15(20)21-2)13(17)9-18-14/h3-7,9H,17H2,1-2H3. The number of anilines is 3. The summed E-state index contributed by atoms with van der Waals surface area (Å²) < 4.78 is 4.69. The van der Waals surface area contributed by atoms with Crippen molar-refractivity contribution in [3.05, 3.63) is 47.7 Å². The Bertz CT molecular complexity index is 722. The fourth-order valence-corrected chi connectivity index (χ4v) is 1.84. The third kappa shape index (κ3) is 2.92. The molecule has 6 heteroatoms. The highest BCUT2D eigenvalue weighted by Crippen LogP contribution is 2.25. The van der Waals surface area contributed by atoms with Gasteiger partial charge in [0.1, 0.15) is 5.82 Å². The molecule has 0 saturated carbocycles. The van der Waals surface area contributed by atoms with Gasteiger partial charge in [0.15, 0.2) is 0 Å². The molecule has 0 amide bonds. The van der Waals surface area contributed by atoms with Crippen molar-refractivity contribution in [1.29, 1.82) is 5.26 Å². The maximum Gasteiger partial charge on any atom is 0.340 e. The van der Waals surface area contributed by atoms with Crippen molar-refractivity contribution in [2.45, 2.75) is 0 Å². The van der Waals surface area contributed by atoms with Crippen LogP contribution in [0.3, 0.4) is 0 Å². The van der Waals surface area contributed by atoms with Gasteiger partial charge in [0.05, 0.1) is 36.2 Å². The lowest BCUT2D eigenvalue weighted by Gasteiger charge is -2.19. The van der Waals surface area contributed by atoms with Gasteiger partial charge in [-0.15, -0.1) is 0 Å². The van der Waals surface area contributed by atoms with E-state index in [1.165, 1.54) is 13.3 Å². The summed E-state index contributed by atoms with van der Waals surface area (Å²) in [6.07, 6.45) is 1.41. The molecule has 0 aliphatic rings. The van der Waals surface area contributed by atoms with Crippen molar-refractivity contribution in [2.24, 2.45) is 0 Å². The Morgan fingerprint density at radius 1 is 1.43 bits per heavy atom. The Labute approximate surface area is 122 Å². The Hall–Kier alpha value is -3.07. The second-order valence-electron chi connectivity index (χ2n) is 4.34. The zero-order valence-corrected chi connectivity index (χ0v) is 11.7. The molecule has 1 aromatic heterocycles. The van der Waals surface area contributed by atoms with Crippen LogP contribution >= 0.6 is 0 Å². The molecule has 0 bridgehead atoms. The number of pyridine rings is 1. The zero-order valence-electron chi connectivity index (χ0n) is 11.7. The molecule has 2 N–H and O–H groups in total. The largest absolute Gasteiger partial charge is 0.465 e. The first-order chi connectivity index (χ1) is 10.1. The SMILES string of the molecule is COC(=O)c1cc(N(C)c2cccc(C#N)c2)ncc1N. The number of nitrogen functional groups attached to an aromatic ring is 1. The Balaban J connectivity index is 2.41. The van der Waals surface area contributed by atoms with Gasteiger partial charge in [-0.3, -0.25) is 0 Å². The molecule has 1 aromatic carbocycles. The summed E-state index contributed by atoms with van der Waals surface area (Å²) in [6, 6.07) is 10.7. The predicted molar refractivity (Wildman–Crippen MR) is 79.2 cm³/mol. The summed E-state index contributed by atoms with van der Waals surface area (Å²) in [6.45, 7) is 0. The predicted octanol–water partition coefficient (Wildman–Crippen LogP) is 2.09. The normalized spacial score (nSPS) is 9.76. The first-order valence-electron chi connectivity index (χ1n) is 6.14. The summed E-state index contributed by atoms with van der Waals surface area (Å²) in [4.78, 5) is 17.6. The molecule has 2 aromatic rings. The van der Waals surface area contributed by atoms with Gasteiger partial charge in [-0.25, -0.2) is 9.78 Å². The fraction of sp³-hybridized carbons (Fsp3) is 0.133. The van der Waals surface area contributed by atoms with E-state index in [2.05, 4.69) is 15.8 Å². The van der Waals surface area contributed by atoms with Crippen LogP contribution in [0.1, 0.15) is 15.9 Å². The van der Waals surface area contributed by atoms with Crippen LogP contribution in [-0.2, 0) is 4.74 Å². The van der Waals surface area contributed by atoms with E-state index in [-0.39, 0.29) is 11.3 Å². The summed E-state index contributed by atoms with van der Waals surface area (Å²) in [7, 11) is 3.08. The van der Waals surface area contributed by atoms with E-state index < -0.39 is 5.97 Å². The van der Waals surface area contributed by atoms with Gasteiger partial charge >= 0.3 is 5.97 Å². The topological polar surface area (TPSA) is 92.2 Å². The van der Waals surface area contributed by atoms with E-state index in [9.17, 15) is 4.79 Å². The highest BCUT2D eigenvalue weighted by molar-refractivity contribution is 5.95. The number of rotatable bonds is 3. The summed E-state index contributed by atoms with van der Waals surface area (Å²) in [5.41, 5.74) is 7.56. The van der Waals surface area contributed by atoms with Gasteiger partial charge in [-0.05, 0) is 24.3 Å². The maximum atomic E-state index is 11.7. The van der Waals surface area contributed by atoms with Crippen molar-refractivity contribution in [1.82, 2.24) is 4.98 Å². The lowest BCUT2D eigenvalue weighted by atomic mass is 10.2. The highest BCUT2D eigenvalue weighted by Gasteiger charge is 2.14. The molecule has 2 rings (SSSR count). The van der Waals surface area contributed by atoms with Gasteiger partial charge in [0.25, 0.3) is 0 Å². The molecular weight excluding hydrogens is 268 g/mol. The number of esters is 1. The molecule has 0 atom stereocenters. The van der Waals surface area contributed by atoms with E-state index in [1.54, 1.807) is 36.2 Å². The third-order valence-electron chi connectivity index (χ3n) is 3.03. The molecular formula is C15H14N4O2. The van der Waals surface area contributed by atoms with Crippen molar-refractivity contribution < 1.29 is 9.53 Å². The average molecular weight is 282 g/mol. The summed E-state index contributed by atoms with van der Waals surface area (Å²) in [5, 5.41) is 8.94. The number of hydrogen-bond acceptors (Lipinski definition) is 6. The molecule has 0 aliphatic heterocycles. The third-order valence-corrected chi connectivity index (χ3v) is 3.03.